The van der Waals surface area contributed by atoms with E-state index in [1.165, 1.54) is 41.6 Å². The SMILES string of the molecule is Ic1cnccc1N1CCCCC1. The molecule has 0 aromatic carbocycles. The van der Waals surface area contributed by atoms with Crippen LogP contribution in [0.1, 0.15) is 19.3 Å². The summed E-state index contributed by atoms with van der Waals surface area (Å²) in [5.41, 5.74) is 1.36. The van der Waals surface area contributed by atoms with E-state index in [1.807, 2.05) is 12.4 Å². The Bertz CT molecular complexity index is 282. The molecule has 1 aliphatic heterocycles. The zero-order chi connectivity index (χ0) is 9.10. The van der Waals surface area contributed by atoms with Crippen molar-refractivity contribution in [3.8, 4) is 0 Å². The van der Waals surface area contributed by atoms with Crippen LogP contribution in [-0.4, -0.2) is 18.1 Å². The normalized spacial score (nSPS) is 17.5. The first-order valence-electron chi connectivity index (χ1n) is 4.72. The highest BCUT2D eigenvalue weighted by atomic mass is 127. The van der Waals surface area contributed by atoms with Gasteiger partial charge in [-0.1, -0.05) is 0 Å². The highest BCUT2D eigenvalue weighted by Gasteiger charge is 2.12. The molecule has 2 heterocycles. The number of hydrogen-bond acceptors (Lipinski definition) is 2. The van der Waals surface area contributed by atoms with Gasteiger partial charge in [-0.3, -0.25) is 4.98 Å². The van der Waals surface area contributed by atoms with Crippen LogP contribution >= 0.6 is 22.6 Å². The second kappa shape index (κ2) is 4.26. The van der Waals surface area contributed by atoms with Crippen LogP contribution in [0.3, 0.4) is 0 Å². The van der Waals surface area contributed by atoms with Gasteiger partial charge in [0.25, 0.3) is 0 Å². The third-order valence-electron chi connectivity index (χ3n) is 2.45. The quantitative estimate of drug-likeness (QED) is 0.739. The van der Waals surface area contributed by atoms with Crippen molar-refractivity contribution in [2.75, 3.05) is 18.0 Å². The fraction of sp³-hybridized carbons (Fsp3) is 0.500. The smallest absolute Gasteiger partial charge is 0.0547 e. The Hall–Kier alpha value is -0.320. The van der Waals surface area contributed by atoms with Gasteiger partial charge in [0.15, 0.2) is 0 Å². The lowest BCUT2D eigenvalue weighted by Gasteiger charge is -2.29. The fourth-order valence-corrected chi connectivity index (χ4v) is 2.44. The number of pyridine rings is 1. The van der Waals surface area contributed by atoms with Crippen molar-refractivity contribution in [3.05, 3.63) is 22.0 Å². The molecule has 0 amide bonds. The summed E-state index contributed by atoms with van der Waals surface area (Å²) in [5.74, 6) is 0. The summed E-state index contributed by atoms with van der Waals surface area (Å²) >= 11 is 2.36. The van der Waals surface area contributed by atoms with Gasteiger partial charge in [-0.15, -0.1) is 0 Å². The van der Waals surface area contributed by atoms with E-state index in [0.717, 1.165) is 0 Å². The second-order valence-corrected chi connectivity index (χ2v) is 4.54. The molecule has 0 N–H and O–H groups in total. The minimum absolute atomic E-state index is 1.21. The first-order valence-corrected chi connectivity index (χ1v) is 5.80. The molecule has 1 fully saturated rings. The minimum atomic E-state index is 1.21. The van der Waals surface area contributed by atoms with Gasteiger partial charge < -0.3 is 4.90 Å². The number of nitrogens with zero attached hydrogens (tertiary/aromatic N) is 2. The Labute approximate surface area is 92.5 Å². The summed E-state index contributed by atoms with van der Waals surface area (Å²) in [6.45, 7) is 2.42. The molecule has 0 spiro atoms. The van der Waals surface area contributed by atoms with Gasteiger partial charge in [0.05, 0.1) is 9.26 Å². The molecule has 0 bridgehead atoms. The number of rotatable bonds is 1. The average Bonchev–Trinajstić information content (AvgIpc) is 2.20. The summed E-state index contributed by atoms with van der Waals surface area (Å²) < 4.78 is 1.27. The first-order chi connectivity index (χ1) is 6.38. The molecule has 0 saturated carbocycles. The number of anilines is 1. The summed E-state index contributed by atoms with van der Waals surface area (Å²) in [5, 5.41) is 0. The van der Waals surface area contributed by atoms with Crippen molar-refractivity contribution in [2.45, 2.75) is 19.3 Å². The lowest BCUT2D eigenvalue weighted by atomic mass is 10.1. The third kappa shape index (κ3) is 2.13. The number of hydrogen-bond donors (Lipinski definition) is 0. The summed E-state index contributed by atoms with van der Waals surface area (Å²) in [7, 11) is 0. The molecule has 2 nitrogen and oxygen atoms in total. The Balaban J connectivity index is 2.18. The minimum Gasteiger partial charge on any atom is -0.371 e. The summed E-state index contributed by atoms with van der Waals surface area (Å²) in [6, 6.07) is 2.12. The van der Waals surface area contributed by atoms with Crippen LogP contribution in [0.25, 0.3) is 0 Å². The van der Waals surface area contributed by atoms with Crippen LogP contribution in [0, 0.1) is 3.57 Å². The van der Waals surface area contributed by atoms with Crippen LogP contribution in [0.5, 0.6) is 0 Å². The Kier molecular flexibility index (Phi) is 3.03. The molecule has 0 aliphatic carbocycles. The predicted molar refractivity (Wildman–Crippen MR) is 63.0 cm³/mol. The molecule has 1 saturated heterocycles. The van der Waals surface area contributed by atoms with E-state index in [1.54, 1.807) is 0 Å². The first kappa shape index (κ1) is 9.24. The van der Waals surface area contributed by atoms with Gasteiger partial charge in [-0.05, 0) is 47.9 Å². The van der Waals surface area contributed by atoms with E-state index in [-0.39, 0.29) is 0 Å². The molecule has 2 rings (SSSR count). The topological polar surface area (TPSA) is 16.1 Å². The lowest BCUT2D eigenvalue weighted by Crippen LogP contribution is -2.29. The average molecular weight is 288 g/mol. The van der Waals surface area contributed by atoms with Crippen LogP contribution in [0.4, 0.5) is 5.69 Å². The van der Waals surface area contributed by atoms with Gasteiger partial charge >= 0.3 is 0 Å². The van der Waals surface area contributed by atoms with Crippen molar-refractivity contribution in [1.82, 2.24) is 4.98 Å². The molecule has 0 atom stereocenters. The van der Waals surface area contributed by atoms with E-state index in [2.05, 4.69) is 38.5 Å². The Morgan fingerprint density at radius 3 is 2.69 bits per heavy atom. The molecular weight excluding hydrogens is 275 g/mol. The maximum absolute atomic E-state index is 4.11. The molecule has 1 aromatic heterocycles. The summed E-state index contributed by atoms with van der Waals surface area (Å²) in [6.07, 6.45) is 7.87. The van der Waals surface area contributed by atoms with E-state index >= 15 is 0 Å². The maximum atomic E-state index is 4.11. The molecular formula is C10H13IN2. The van der Waals surface area contributed by atoms with Crippen molar-refractivity contribution in [3.63, 3.8) is 0 Å². The van der Waals surface area contributed by atoms with E-state index in [4.69, 9.17) is 0 Å². The maximum Gasteiger partial charge on any atom is 0.0547 e. The second-order valence-electron chi connectivity index (χ2n) is 3.37. The highest BCUT2D eigenvalue weighted by molar-refractivity contribution is 14.1. The molecule has 3 heteroatoms. The zero-order valence-electron chi connectivity index (χ0n) is 7.54. The van der Waals surface area contributed by atoms with Gasteiger partial charge in [0.1, 0.15) is 0 Å². The van der Waals surface area contributed by atoms with E-state index in [9.17, 15) is 0 Å². The van der Waals surface area contributed by atoms with Gasteiger partial charge in [-0.25, -0.2) is 0 Å². The molecule has 0 radical (unpaired) electrons. The van der Waals surface area contributed by atoms with Gasteiger partial charge in [0.2, 0.25) is 0 Å². The Morgan fingerprint density at radius 2 is 2.00 bits per heavy atom. The third-order valence-corrected chi connectivity index (χ3v) is 3.28. The van der Waals surface area contributed by atoms with Gasteiger partial charge in [0, 0.05) is 25.5 Å². The van der Waals surface area contributed by atoms with Crippen molar-refractivity contribution < 1.29 is 0 Å². The van der Waals surface area contributed by atoms with Crippen molar-refractivity contribution in [1.29, 1.82) is 0 Å². The lowest BCUT2D eigenvalue weighted by molar-refractivity contribution is 0.577. The molecule has 13 heavy (non-hydrogen) atoms. The monoisotopic (exact) mass is 288 g/mol. The molecule has 70 valence electrons. The summed E-state index contributed by atoms with van der Waals surface area (Å²) in [4.78, 5) is 6.57. The number of piperidine rings is 1. The molecule has 1 aromatic rings. The number of halogens is 1. The molecule has 1 aliphatic rings. The Morgan fingerprint density at radius 1 is 1.23 bits per heavy atom. The standard InChI is InChI=1S/C10H13IN2/c11-9-8-12-5-4-10(9)13-6-2-1-3-7-13/h4-5,8H,1-3,6-7H2. The van der Waals surface area contributed by atoms with Crippen LogP contribution in [0.2, 0.25) is 0 Å². The van der Waals surface area contributed by atoms with Crippen molar-refractivity contribution >= 4 is 28.3 Å². The fourth-order valence-electron chi connectivity index (χ4n) is 1.76. The predicted octanol–water partition coefficient (Wildman–Crippen LogP) is 2.68. The number of aromatic nitrogens is 1. The largest absolute Gasteiger partial charge is 0.371 e. The van der Waals surface area contributed by atoms with Gasteiger partial charge in [-0.2, -0.15) is 0 Å². The molecule has 0 unspecified atom stereocenters. The van der Waals surface area contributed by atoms with Crippen molar-refractivity contribution in [2.24, 2.45) is 0 Å². The van der Waals surface area contributed by atoms with E-state index < -0.39 is 0 Å². The highest BCUT2D eigenvalue weighted by Crippen LogP contribution is 2.24. The van der Waals surface area contributed by atoms with E-state index in [0.29, 0.717) is 0 Å². The van der Waals surface area contributed by atoms with Crippen LogP contribution < -0.4 is 4.90 Å². The van der Waals surface area contributed by atoms with Crippen LogP contribution in [0.15, 0.2) is 18.5 Å². The van der Waals surface area contributed by atoms with Crippen LogP contribution in [-0.2, 0) is 0 Å². The zero-order valence-corrected chi connectivity index (χ0v) is 9.70.